The van der Waals surface area contributed by atoms with Crippen molar-refractivity contribution < 1.29 is 44.3 Å². The highest BCUT2D eigenvalue weighted by atomic mass is 79.9. The van der Waals surface area contributed by atoms with Gasteiger partial charge in [0.15, 0.2) is 5.75 Å². The molecule has 0 heterocycles. The second-order valence-corrected chi connectivity index (χ2v) is 5.92. The van der Waals surface area contributed by atoms with E-state index in [9.17, 15) is 39.5 Å². The van der Waals surface area contributed by atoms with Gasteiger partial charge in [0.25, 0.3) is 0 Å². The molecule has 0 spiro atoms. The molecule has 1 aromatic rings. The lowest BCUT2D eigenvalue weighted by molar-refractivity contribution is -0.282. The predicted octanol–water partition coefficient (Wildman–Crippen LogP) is 5.64. The molecule has 13 heteroatoms. The summed E-state index contributed by atoms with van der Waals surface area (Å²) in [5, 5.41) is 0. The Labute approximate surface area is 139 Å². The zero-order chi connectivity index (χ0) is 18.4. The molecule has 1 atom stereocenters. The first kappa shape index (κ1) is 20.2. The number of nitrogen functional groups attached to an aromatic ring is 1. The number of hydrogen-bond acceptors (Lipinski definition) is 2. The van der Waals surface area contributed by atoms with E-state index in [1.165, 1.54) is 15.9 Å². The number of anilines is 1. The Morgan fingerprint density at radius 2 is 1.39 bits per heavy atom. The Kier molecular flexibility index (Phi) is 5.18. The molecule has 0 saturated heterocycles. The van der Waals surface area contributed by atoms with Gasteiger partial charge in [0.05, 0.1) is 5.69 Å². The van der Waals surface area contributed by atoms with E-state index in [0.29, 0.717) is 0 Å². The van der Waals surface area contributed by atoms with Crippen LogP contribution in [0, 0.1) is 0 Å². The third-order valence-electron chi connectivity index (χ3n) is 2.50. The number of ether oxygens (including phenoxy) is 1. The second kappa shape index (κ2) is 5.90. The van der Waals surface area contributed by atoms with Crippen molar-refractivity contribution in [1.29, 1.82) is 0 Å². The molecule has 2 N–H and O–H groups in total. The van der Waals surface area contributed by atoms with Crippen LogP contribution in [0.5, 0.6) is 5.75 Å². The summed E-state index contributed by atoms with van der Waals surface area (Å²) in [6.45, 7) is 0. The fourth-order valence-electron chi connectivity index (χ4n) is 1.49. The van der Waals surface area contributed by atoms with Gasteiger partial charge in [0.1, 0.15) is 0 Å². The van der Waals surface area contributed by atoms with Crippen molar-refractivity contribution in [3.63, 3.8) is 0 Å². The molecule has 23 heavy (non-hydrogen) atoms. The van der Waals surface area contributed by atoms with E-state index < -0.39 is 44.5 Å². The third-order valence-corrected chi connectivity index (χ3v) is 3.70. The molecule has 0 saturated carbocycles. The lowest BCUT2D eigenvalue weighted by Crippen LogP contribution is -2.49. The van der Waals surface area contributed by atoms with Crippen molar-refractivity contribution in [3.05, 3.63) is 22.2 Å². The van der Waals surface area contributed by atoms with Crippen molar-refractivity contribution in [3.8, 4) is 5.75 Å². The van der Waals surface area contributed by atoms with Gasteiger partial charge in [-0.25, -0.2) is 4.39 Å². The molecule has 132 valence electrons. The van der Waals surface area contributed by atoms with Gasteiger partial charge in [0, 0.05) is 10.0 Å². The topological polar surface area (TPSA) is 35.2 Å². The molecule has 0 radical (unpaired) electrons. The smallest absolute Gasteiger partial charge is 0.404 e. The Bertz CT molecular complexity index is 580. The van der Waals surface area contributed by atoms with Crippen molar-refractivity contribution in [1.82, 2.24) is 0 Å². The summed E-state index contributed by atoms with van der Waals surface area (Å²) >= 11 is 3.73. The van der Waals surface area contributed by atoms with Crippen LogP contribution in [0.25, 0.3) is 0 Å². The molecule has 0 aliphatic heterocycles. The molecule has 0 bridgehead atoms. The maximum Gasteiger partial charge on any atom is 0.573 e. The normalized spacial score (nSPS) is 16.1. The van der Waals surface area contributed by atoms with Crippen LogP contribution >= 0.6 is 31.9 Å². The highest BCUT2D eigenvalue weighted by Crippen LogP contribution is 2.56. The molecule has 0 amide bonds. The zero-order valence-electron chi connectivity index (χ0n) is 10.3. The fourth-order valence-corrected chi connectivity index (χ4v) is 2.38. The summed E-state index contributed by atoms with van der Waals surface area (Å²) in [5.74, 6) is -1.47. The predicted molar refractivity (Wildman–Crippen MR) is 68.0 cm³/mol. The van der Waals surface area contributed by atoms with Crippen LogP contribution in [0.4, 0.5) is 45.2 Å². The average Bonchev–Trinajstić information content (AvgIpc) is 2.29. The number of alkyl halides is 10. The van der Waals surface area contributed by atoms with Gasteiger partial charge >= 0.3 is 23.0 Å². The fraction of sp³-hybridized carbons (Fsp3) is 0.400. The first-order valence-corrected chi connectivity index (χ1v) is 6.77. The third kappa shape index (κ3) is 3.98. The van der Waals surface area contributed by atoms with Gasteiger partial charge in [0.2, 0.25) is 0 Å². The molecule has 2 nitrogen and oxygen atoms in total. The summed E-state index contributed by atoms with van der Waals surface area (Å²) in [6.07, 6.45) is -11.6. The molecular formula is C10H4Br2F9NO. The van der Waals surface area contributed by atoms with E-state index in [-0.39, 0.29) is 12.1 Å². The standard InChI is InChI=1S/C10H4Br2F9NO/c11-4-1-3(2-5(6(4)22)23-10(19,20)21)7(13,8(12,14)15)9(16,17)18/h1-2H,22H2. The summed E-state index contributed by atoms with van der Waals surface area (Å²) in [5.41, 5.74) is -2.88. The van der Waals surface area contributed by atoms with Gasteiger partial charge in [-0.2, -0.15) is 22.0 Å². The Morgan fingerprint density at radius 1 is 0.913 bits per heavy atom. The number of rotatable bonds is 3. The minimum atomic E-state index is -6.16. The van der Waals surface area contributed by atoms with Crippen LogP contribution in [0.1, 0.15) is 5.56 Å². The van der Waals surface area contributed by atoms with Crippen LogP contribution in [0.15, 0.2) is 16.6 Å². The highest BCUT2D eigenvalue weighted by Gasteiger charge is 2.71. The monoisotopic (exact) mass is 483 g/mol. The van der Waals surface area contributed by atoms with Gasteiger partial charge < -0.3 is 10.5 Å². The SMILES string of the molecule is Nc1c(Br)cc(C(F)(C(F)(F)F)C(F)(F)Br)cc1OC(F)(F)F. The summed E-state index contributed by atoms with van der Waals surface area (Å²) < 4.78 is 118. The van der Waals surface area contributed by atoms with Crippen molar-refractivity contribution >= 4 is 37.5 Å². The van der Waals surface area contributed by atoms with Crippen LogP contribution in [-0.4, -0.2) is 17.4 Å². The maximum atomic E-state index is 14.1. The van der Waals surface area contributed by atoms with E-state index in [0.717, 1.165) is 0 Å². The number of nitrogens with two attached hydrogens (primary N) is 1. The molecular weight excluding hydrogens is 481 g/mol. The minimum absolute atomic E-state index is 0.182. The molecule has 1 rings (SSSR count). The first-order valence-electron chi connectivity index (χ1n) is 5.18. The molecule has 0 fully saturated rings. The van der Waals surface area contributed by atoms with E-state index >= 15 is 0 Å². The Morgan fingerprint density at radius 3 is 1.74 bits per heavy atom. The first-order chi connectivity index (χ1) is 10.0. The van der Waals surface area contributed by atoms with Crippen molar-refractivity contribution in [2.75, 3.05) is 5.73 Å². The molecule has 0 aliphatic rings. The highest BCUT2D eigenvalue weighted by molar-refractivity contribution is 9.10. The number of benzene rings is 1. The Hall–Kier alpha value is -0.850. The summed E-state index contributed by atoms with van der Waals surface area (Å²) in [4.78, 5) is -5.18. The van der Waals surface area contributed by atoms with Gasteiger partial charge in [-0.05, 0) is 44.0 Å². The Balaban J connectivity index is 3.64. The van der Waals surface area contributed by atoms with Gasteiger partial charge in [-0.1, -0.05) is 0 Å². The maximum absolute atomic E-state index is 14.1. The minimum Gasteiger partial charge on any atom is -0.404 e. The van der Waals surface area contributed by atoms with Crippen LogP contribution < -0.4 is 10.5 Å². The lowest BCUT2D eigenvalue weighted by Gasteiger charge is -2.32. The quantitative estimate of drug-likeness (QED) is 0.342. The number of hydrogen-bond donors (Lipinski definition) is 1. The number of halogens is 11. The zero-order valence-corrected chi connectivity index (χ0v) is 13.5. The largest absolute Gasteiger partial charge is 0.573 e. The molecule has 1 aromatic carbocycles. The van der Waals surface area contributed by atoms with Crippen LogP contribution in [-0.2, 0) is 5.67 Å². The average molecular weight is 485 g/mol. The molecule has 0 aromatic heterocycles. The van der Waals surface area contributed by atoms with Crippen molar-refractivity contribution in [2.45, 2.75) is 23.0 Å². The van der Waals surface area contributed by atoms with Crippen LogP contribution in [0.2, 0.25) is 0 Å². The summed E-state index contributed by atoms with van der Waals surface area (Å²) in [7, 11) is 0. The van der Waals surface area contributed by atoms with E-state index in [4.69, 9.17) is 5.73 Å². The van der Waals surface area contributed by atoms with Crippen LogP contribution in [0.3, 0.4) is 0 Å². The van der Waals surface area contributed by atoms with Gasteiger partial charge in [-0.3, -0.25) is 0 Å². The van der Waals surface area contributed by atoms with E-state index in [1.807, 2.05) is 0 Å². The van der Waals surface area contributed by atoms with Gasteiger partial charge in [-0.15, -0.1) is 13.2 Å². The second-order valence-electron chi connectivity index (χ2n) is 4.07. The molecule has 0 aliphatic carbocycles. The lowest BCUT2D eigenvalue weighted by atomic mass is 9.94. The summed E-state index contributed by atoms with van der Waals surface area (Å²) in [6, 6.07) is -0.0164. The molecule has 1 unspecified atom stereocenters. The van der Waals surface area contributed by atoms with Crippen molar-refractivity contribution in [2.24, 2.45) is 0 Å². The van der Waals surface area contributed by atoms with E-state index in [1.54, 1.807) is 0 Å². The van der Waals surface area contributed by atoms with E-state index in [2.05, 4.69) is 20.7 Å².